The summed E-state index contributed by atoms with van der Waals surface area (Å²) in [5, 5.41) is 3.36. The number of hydrogen-bond acceptors (Lipinski definition) is 8. The minimum absolute atomic E-state index is 0. The van der Waals surface area contributed by atoms with E-state index in [0.717, 1.165) is 31.6 Å². The van der Waals surface area contributed by atoms with Gasteiger partial charge < -0.3 is 19.5 Å². The third-order valence-corrected chi connectivity index (χ3v) is 6.58. The molecule has 1 saturated heterocycles. The molecule has 1 atom stereocenters. The molecule has 220 valence electrons. The Labute approximate surface area is 244 Å². The number of carbonyl (C=O) groups is 3. The maximum absolute atomic E-state index is 13.6. The van der Waals surface area contributed by atoms with E-state index in [2.05, 4.69) is 10.2 Å². The molecule has 3 rings (SSSR count). The molecule has 8 nitrogen and oxygen atoms in total. The van der Waals surface area contributed by atoms with E-state index in [1.54, 1.807) is 40.7 Å². The molecule has 0 saturated carbocycles. The van der Waals surface area contributed by atoms with E-state index in [1.165, 1.54) is 12.5 Å². The average molecular weight is 575 g/mol. The highest BCUT2D eigenvalue weighted by atomic mass is 35.5. The highest BCUT2D eigenvalue weighted by Crippen LogP contribution is 2.41. The molecule has 0 aromatic heterocycles. The van der Waals surface area contributed by atoms with E-state index in [4.69, 9.17) is 14.2 Å². The molecule has 1 aromatic rings. The molecule has 40 heavy (non-hydrogen) atoms. The Bertz CT molecular complexity index is 1160. The highest BCUT2D eigenvalue weighted by Gasteiger charge is 2.40. The smallest absolute Gasteiger partial charge is 0.336 e. The maximum atomic E-state index is 13.6. The molecule has 0 radical (unpaired) electrons. The number of carbonyl (C=O) groups excluding carboxylic acids is 3. The van der Waals surface area contributed by atoms with Crippen molar-refractivity contribution in [2.45, 2.75) is 72.3 Å². The Kier molecular flexibility index (Phi) is 12.5. The summed E-state index contributed by atoms with van der Waals surface area (Å²) in [6.45, 7) is 13.6. The van der Waals surface area contributed by atoms with Crippen molar-refractivity contribution in [3.63, 3.8) is 0 Å². The predicted octanol–water partition coefficient (Wildman–Crippen LogP) is 5.29. The summed E-state index contributed by atoms with van der Waals surface area (Å²) in [6.07, 6.45) is 6.43. The number of likely N-dealkylation sites (tertiary alicyclic amines) is 1. The van der Waals surface area contributed by atoms with Crippen LogP contribution in [0.15, 0.2) is 52.9 Å². The lowest BCUT2D eigenvalue weighted by molar-refractivity contribution is -0.148. The van der Waals surface area contributed by atoms with Gasteiger partial charge in [0.2, 0.25) is 0 Å². The molecule has 2 aliphatic rings. The van der Waals surface area contributed by atoms with Crippen LogP contribution in [0.4, 0.5) is 0 Å². The van der Waals surface area contributed by atoms with Crippen molar-refractivity contribution in [2.24, 2.45) is 0 Å². The third-order valence-electron chi connectivity index (χ3n) is 6.58. The number of nitrogens with zero attached hydrogens (tertiary/aromatic N) is 1. The van der Waals surface area contributed by atoms with Gasteiger partial charge >= 0.3 is 17.9 Å². The van der Waals surface area contributed by atoms with E-state index in [1.807, 2.05) is 31.2 Å². The molecule has 0 amide bonds. The molecule has 1 unspecified atom stereocenters. The average Bonchev–Trinajstić information content (AvgIpc) is 2.87. The van der Waals surface area contributed by atoms with Gasteiger partial charge in [0.05, 0.1) is 30.3 Å². The monoisotopic (exact) mass is 574 g/mol. The Morgan fingerprint density at radius 3 is 2.17 bits per heavy atom. The summed E-state index contributed by atoms with van der Waals surface area (Å²) in [4.78, 5) is 41.7. The Balaban J connectivity index is 0.00000560. The van der Waals surface area contributed by atoms with Gasteiger partial charge in [-0.15, -0.1) is 12.4 Å². The number of dihydropyridines is 1. The van der Waals surface area contributed by atoms with Crippen molar-refractivity contribution in [1.82, 2.24) is 10.2 Å². The first-order chi connectivity index (χ1) is 18.6. The predicted molar refractivity (Wildman–Crippen MR) is 158 cm³/mol. The third kappa shape index (κ3) is 8.70. The number of piperidine rings is 1. The highest BCUT2D eigenvalue weighted by molar-refractivity contribution is 6.00. The van der Waals surface area contributed by atoms with Crippen LogP contribution in [0.5, 0.6) is 0 Å². The summed E-state index contributed by atoms with van der Waals surface area (Å²) in [5.74, 6) is -2.21. The van der Waals surface area contributed by atoms with Crippen LogP contribution in [0.2, 0.25) is 0 Å². The van der Waals surface area contributed by atoms with Gasteiger partial charge in [0.25, 0.3) is 0 Å². The number of ether oxygens (including phenoxy) is 3. The minimum Gasteiger partial charge on any atom is -0.463 e. The zero-order valence-electron chi connectivity index (χ0n) is 24.5. The van der Waals surface area contributed by atoms with Gasteiger partial charge in [-0.1, -0.05) is 30.7 Å². The first kappa shape index (κ1) is 33.1. The number of benzene rings is 1. The van der Waals surface area contributed by atoms with E-state index >= 15 is 0 Å². The van der Waals surface area contributed by atoms with Gasteiger partial charge in [-0.3, -0.25) is 4.90 Å². The summed E-state index contributed by atoms with van der Waals surface area (Å²) < 4.78 is 16.4. The number of nitrogens with one attached hydrogen (secondary N) is 1. The molecule has 1 N–H and O–H groups in total. The Morgan fingerprint density at radius 2 is 1.57 bits per heavy atom. The second kappa shape index (κ2) is 15.1. The maximum Gasteiger partial charge on any atom is 0.336 e. The van der Waals surface area contributed by atoms with Crippen LogP contribution in [0.1, 0.15) is 77.8 Å². The molecule has 0 spiro atoms. The van der Waals surface area contributed by atoms with Crippen molar-refractivity contribution < 1.29 is 28.6 Å². The van der Waals surface area contributed by atoms with Crippen molar-refractivity contribution in [3.8, 4) is 0 Å². The second-order valence-corrected chi connectivity index (χ2v) is 10.8. The largest absolute Gasteiger partial charge is 0.463 e. The van der Waals surface area contributed by atoms with Crippen molar-refractivity contribution in [3.05, 3.63) is 64.0 Å². The molecule has 0 aliphatic carbocycles. The standard InChI is InChI=1S/C31H42N2O6.ClH/c1-7-37-29(35)26-21(3)32-24(20-33-18-12-9-13-19-33)28(30(36)38-8-2)27(26)23-15-11-10-14-22(23)16-17-25(34)39-31(4,5)6;/h10-11,14-17,27,32H,7-9,12-13,18-20H2,1-6H3;1H. The fourth-order valence-electron chi connectivity index (χ4n) is 5.02. The zero-order valence-corrected chi connectivity index (χ0v) is 25.3. The van der Waals surface area contributed by atoms with Gasteiger partial charge in [0, 0.05) is 24.0 Å². The molecule has 2 heterocycles. The molecular formula is C31H43ClN2O6. The Hall–Kier alpha value is -3.10. The minimum atomic E-state index is -0.747. The normalized spacial score (nSPS) is 18.2. The van der Waals surface area contributed by atoms with E-state index in [9.17, 15) is 14.4 Å². The fourth-order valence-corrected chi connectivity index (χ4v) is 5.02. The summed E-state index contributed by atoms with van der Waals surface area (Å²) >= 11 is 0. The van der Waals surface area contributed by atoms with Gasteiger partial charge in [-0.05, 0) is 84.7 Å². The number of rotatable bonds is 9. The number of esters is 3. The first-order valence-corrected chi connectivity index (χ1v) is 13.8. The zero-order chi connectivity index (χ0) is 28.6. The summed E-state index contributed by atoms with van der Waals surface area (Å²) in [6, 6.07) is 7.42. The molecule has 1 fully saturated rings. The SMILES string of the molecule is CCOC(=O)C1=C(C)NC(CN2CCCCC2)=C(C(=O)OCC)C1c1ccccc1C=CC(=O)OC(C)(C)C.Cl. The summed E-state index contributed by atoms with van der Waals surface area (Å²) in [7, 11) is 0. The van der Waals surface area contributed by atoms with Crippen molar-refractivity contribution in [2.75, 3.05) is 32.8 Å². The van der Waals surface area contributed by atoms with Crippen LogP contribution in [0, 0.1) is 0 Å². The van der Waals surface area contributed by atoms with Gasteiger partial charge in [0.15, 0.2) is 0 Å². The van der Waals surface area contributed by atoms with Crippen molar-refractivity contribution >= 4 is 36.4 Å². The molecule has 0 bridgehead atoms. The van der Waals surface area contributed by atoms with Gasteiger partial charge in [0.1, 0.15) is 5.60 Å². The van der Waals surface area contributed by atoms with Crippen molar-refractivity contribution in [1.29, 1.82) is 0 Å². The topological polar surface area (TPSA) is 94.2 Å². The van der Waals surface area contributed by atoms with Crippen LogP contribution in [0.3, 0.4) is 0 Å². The second-order valence-electron chi connectivity index (χ2n) is 10.8. The lowest BCUT2D eigenvalue weighted by Gasteiger charge is -2.35. The molecule has 9 heteroatoms. The lowest BCUT2D eigenvalue weighted by Crippen LogP contribution is -2.40. The van der Waals surface area contributed by atoms with Crippen LogP contribution < -0.4 is 5.32 Å². The Morgan fingerprint density at radius 1 is 0.975 bits per heavy atom. The molecular weight excluding hydrogens is 532 g/mol. The van der Waals surface area contributed by atoms with Crippen LogP contribution in [-0.2, 0) is 28.6 Å². The van der Waals surface area contributed by atoms with E-state index < -0.39 is 29.4 Å². The van der Waals surface area contributed by atoms with Crippen LogP contribution in [-0.4, -0.2) is 61.3 Å². The lowest BCUT2D eigenvalue weighted by atomic mass is 9.78. The quantitative estimate of drug-likeness (QED) is 0.241. The number of allylic oxidation sites excluding steroid dienone is 1. The molecule has 1 aromatic carbocycles. The number of halogens is 1. The van der Waals surface area contributed by atoms with Gasteiger partial charge in [-0.2, -0.15) is 0 Å². The van der Waals surface area contributed by atoms with E-state index in [0.29, 0.717) is 34.5 Å². The fraction of sp³-hybridized carbons (Fsp3) is 0.516. The molecule has 2 aliphatic heterocycles. The van der Waals surface area contributed by atoms with Gasteiger partial charge in [-0.25, -0.2) is 14.4 Å². The summed E-state index contributed by atoms with van der Waals surface area (Å²) in [5.41, 5.74) is 2.83. The number of hydrogen-bond donors (Lipinski definition) is 1. The van der Waals surface area contributed by atoms with Crippen LogP contribution >= 0.6 is 12.4 Å². The van der Waals surface area contributed by atoms with Crippen LogP contribution in [0.25, 0.3) is 6.08 Å². The first-order valence-electron chi connectivity index (χ1n) is 13.8. The van der Waals surface area contributed by atoms with E-state index in [-0.39, 0.29) is 25.6 Å².